The first-order valence-electron chi connectivity index (χ1n) is 15.8. The van der Waals surface area contributed by atoms with Crippen molar-refractivity contribution < 1.29 is 14.3 Å². The highest BCUT2D eigenvalue weighted by molar-refractivity contribution is 6.39. The molecule has 13 heteroatoms. The summed E-state index contributed by atoms with van der Waals surface area (Å²) < 4.78 is 11.2. The van der Waals surface area contributed by atoms with Crippen LogP contribution in [0.25, 0.3) is 33.6 Å². The van der Waals surface area contributed by atoms with Crippen LogP contribution in [-0.4, -0.2) is 58.2 Å². The molecule has 246 valence electrons. The van der Waals surface area contributed by atoms with E-state index in [4.69, 9.17) is 42.6 Å². The van der Waals surface area contributed by atoms with Crippen LogP contribution in [-0.2, 0) is 17.9 Å². The topological polar surface area (TPSA) is 147 Å². The van der Waals surface area contributed by atoms with E-state index in [1.807, 2.05) is 36.4 Å². The highest BCUT2D eigenvalue weighted by Crippen LogP contribution is 2.66. The third kappa shape index (κ3) is 5.94. The Hall–Kier alpha value is -4.34. The second-order valence-electron chi connectivity index (χ2n) is 12.7. The Morgan fingerprint density at radius 1 is 0.896 bits per heavy atom. The second-order valence-corrected chi connectivity index (χ2v) is 13.5. The predicted molar refractivity (Wildman–Crippen MR) is 181 cm³/mol. The molecular weight excluding hydrogens is 651 g/mol. The fourth-order valence-corrected chi connectivity index (χ4v) is 7.71. The number of methoxy groups -OCH3 is 2. The zero-order valence-electron chi connectivity index (χ0n) is 26.6. The number of hydrogen-bond acceptors (Lipinski definition) is 10. The van der Waals surface area contributed by atoms with E-state index < -0.39 is 0 Å². The molecule has 1 unspecified atom stereocenters. The summed E-state index contributed by atoms with van der Waals surface area (Å²) >= 11 is 14.1. The van der Waals surface area contributed by atoms with Crippen LogP contribution in [0.4, 0.5) is 0 Å². The third-order valence-electron chi connectivity index (χ3n) is 9.52. The lowest BCUT2D eigenvalue weighted by atomic mass is 9.40. The van der Waals surface area contributed by atoms with Gasteiger partial charge in [-0.15, -0.1) is 0 Å². The zero-order valence-corrected chi connectivity index (χ0v) is 28.1. The van der Waals surface area contributed by atoms with Crippen LogP contribution < -0.4 is 25.4 Å². The quantitative estimate of drug-likeness (QED) is 0.175. The van der Waals surface area contributed by atoms with Gasteiger partial charge in [0.15, 0.2) is 0 Å². The molecular formula is C35H34Cl2N8O3. The molecule has 2 aromatic heterocycles. The van der Waals surface area contributed by atoms with E-state index in [9.17, 15) is 10.1 Å². The summed E-state index contributed by atoms with van der Waals surface area (Å²) in [6.45, 7) is 1.57. The van der Waals surface area contributed by atoms with Crippen LogP contribution in [0.1, 0.15) is 43.5 Å². The van der Waals surface area contributed by atoms with Crippen molar-refractivity contribution in [1.82, 2.24) is 35.9 Å². The smallest absolute Gasteiger partial charge is 0.237 e. The number of nitrogens with zero attached hydrogens (tertiary/aromatic N) is 5. The van der Waals surface area contributed by atoms with Gasteiger partial charge < -0.3 is 25.4 Å². The molecule has 3 saturated carbocycles. The van der Waals surface area contributed by atoms with Crippen LogP contribution in [0, 0.1) is 16.7 Å². The number of ether oxygens (including phenoxy) is 2. The molecule has 4 aliphatic rings. The molecule has 2 bridgehead atoms. The van der Waals surface area contributed by atoms with Crippen LogP contribution in [0.2, 0.25) is 10.0 Å². The number of amides is 1. The molecule has 0 radical (unpaired) electrons. The van der Waals surface area contributed by atoms with Crippen molar-refractivity contribution in [3.63, 3.8) is 0 Å². The first kappa shape index (κ1) is 32.2. The highest BCUT2D eigenvalue weighted by atomic mass is 35.5. The SMILES string of the molecule is COc1nc(-c2cccc(-c3cccc(-c4cnc(CNC56CC(C#N)(C5)C6)c(OC)n4)c3Cl)c2Cl)cnc1CNCC1CCC(=O)N1. The van der Waals surface area contributed by atoms with Crippen LogP contribution in [0.15, 0.2) is 48.8 Å². The number of nitrogens with one attached hydrogen (secondary N) is 3. The summed E-state index contributed by atoms with van der Waals surface area (Å²) in [6, 6.07) is 13.9. The van der Waals surface area contributed by atoms with E-state index in [1.54, 1.807) is 26.6 Å². The molecule has 4 fully saturated rings. The van der Waals surface area contributed by atoms with E-state index >= 15 is 0 Å². The predicted octanol–water partition coefficient (Wildman–Crippen LogP) is 5.50. The fourth-order valence-electron chi connectivity index (χ4n) is 7.06. The third-order valence-corrected chi connectivity index (χ3v) is 10.3. The molecule has 3 heterocycles. The van der Waals surface area contributed by atoms with Gasteiger partial charge >= 0.3 is 0 Å². The Kier molecular flexibility index (Phi) is 8.68. The molecule has 3 aliphatic carbocycles. The molecule has 48 heavy (non-hydrogen) atoms. The summed E-state index contributed by atoms with van der Waals surface area (Å²) in [5, 5.41) is 20.1. The summed E-state index contributed by atoms with van der Waals surface area (Å²) in [4.78, 5) is 30.3. The molecule has 1 atom stereocenters. The maximum absolute atomic E-state index is 11.5. The summed E-state index contributed by atoms with van der Waals surface area (Å²) in [5.74, 6) is 0.886. The molecule has 1 amide bonds. The van der Waals surface area contributed by atoms with Crippen LogP contribution >= 0.6 is 23.2 Å². The van der Waals surface area contributed by atoms with Crippen LogP contribution in [0.5, 0.6) is 11.8 Å². The zero-order chi connectivity index (χ0) is 33.5. The van der Waals surface area contributed by atoms with Gasteiger partial charge in [0.05, 0.1) is 59.5 Å². The summed E-state index contributed by atoms with van der Waals surface area (Å²) in [5.41, 5.74) is 5.18. The van der Waals surface area contributed by atoms with E-state index in [-0.39, 0.29) is 22.9 Å². The Labute approximate surface area is 288 Å². The second kappa shape index (κ2) is 12.9. The molecule has 1 saturated heterocycles. The standard InChI is InChI=1S/C35H34Cl2N8O3/c1-47-32-27(12-39-11-20-9-10-29(46)43-20)40-13-25(44-32)23-7-3-5-21(30(23)36)22-6-4-8-24(31(22)37)26-14-41-28(33(45-26)48-2)15-42-35-16-34(17-35,18-35)19-38/h3-8,13-14,20,39,42H,9-12,15-18H2,1-2H3,(H,43,46). The Morgan fingerprint density at radius 2 is 1.44 bits per heavy atom. The number of halogens is 2. The largest absolute Gasteiger partial charge is 0.480 e. The number of benzene rings is 2. The number of rotatable bonds is 12. The lowest BCUT2D eigenvalue weighted by Crippen LogP contribution is -2.73. The number of nitriles is 1. The van der Waals surface area contributed by atoms with Gasteiger partial charge in [-0.05, 0) is 25.7 Å². The van der Waals surface area contributed by atoms with Gasteiger partial charge in [0.25, 0.3) is 0 Å². The van der Waals surface area contributed by atoms with Crippen molar-refractivity contribution in [3.05, 3.63) is 70.2 Å². The maximum Gasteiger partial charge on any atom is 0.237 e. The normalized spacial score (nSPS) is 22.3. The number of aromatic nitrogens is 4. The van der Waals surface area contributed by atoms with Crippen molar-refractivity contribution in [2.45, 2.75) is 56.8 Å². The molecule has 2 aromatic carbocycles. The Morgan fingerprint density at radius 3 is 1.94 bits per heavy atom. The van der Waals surface area contributed by atoms with Crippen molar-refractivity contribution in [2.24, 2.45) is 5.41 Å². The van der Waals surface area contributed by atoms with Crippen molar-refractivity contribution in [1.29, 1.82) is 5.26 Å². The fraction of sp³-hybridized carbons (Fsp3) is 0.371. The maximum atomic E-state index is 11.5. The van der Waals surface area contributed by atoms with Crippen molar-refractivity contribution in [3.8, 4) is 51.5 Å². The minimum atomic E-state index is -0.128. The van der Waals surface area contributed by atoms with Gasteiger partial charge in [0.1, 0.15) is 11.4 Å². The van der Waals surface area contributed by atoms with E-state index in [2.05, 4.69) is 32.0 Å². The first-order valence-corrected chi connectivity index (χ1v) is 16.6. The summed E-state index contributed by atoms with van der Waals surface area (Å²) in [7, 11) is 3.13. The molecule has 0 spiro atoms. The van der Waals surface area contributed by atoms with E-state index in [0.717, 1.165) is 36.8 Å². The summed E-state index contributed by atoms with van der Waals surface area (Å²) in [6.07, 6.45) is 7.37. The van der Waals surface area contributed by atoms with Crippen molar-refractivity contribution >= 4 is 29.1 Å². The van der Waals surface area contributed by atoms with E-state index in [0.29, 0.717) is 81.8 Å². The average molecular weight is 686 g/mol. The lowest BCUT2D eigenvalue weighted by molar-refractivity contribution is -0.119. The number of carbonyl (C=O) groups is 1. The number of carbonyl (C=O) groups excluding carboxylic acids is 1. The monoisotopic (exact) mass is 684 g/mol. The average Bonchev–Trinajstić information content (AvgIpc) is 3.49. The minimum Gasteiger partial charge on any atom is -0.480 e. The van der Waals surface area contributed by atoms with Gasteiger partial charge in [-0.3, -0.25) is 14.8 Å². The lowest BCUT2D eigenvalue weighted by Gasteiger charge is -2.67. The number of hydrogen-bond donors (Lipinski definition) is 3. The van der Waals surface area contributed by atoms with E-state index in [1.165, 1.54) is 0 Å². The molecule has 4 aromatic rings. The van der Waals surface area contributed by atoms with Crippen molar-refractivity contribution in [2.75, 3.05) is 20.8 Å². The highest BCUT2D eigenvalue weighted by Gasteiger charge is 2.68. The Bertz CT molecular complexity index is 1930. The first-order chi connectivity index (χ1) is 23.3. The Balaban J connectivity index is 1.10. The molecule has 11 nitrogen and oxygen atoms in total. The van der Waals surface area contributed by atoms with Crippen LogP contribution in [0.3, 0.4) is 0 Å². The van der Waals surface area contributed by atoms with Gasteiger partial charge in [-0.25, -0.2) is 9.97 Å². The van der Waals surface area contributed by atoms with Gasteiger partial charge in [-0.1, -0.05) is 59.6 Å². The molecule has 1 aliphatic heterocycles. The minimum absolute atomic E-state index is 0.0264. The van der Waals surface area contributed by atoms with Gasteiger partial charge in [-0.2, -0.15) is 5.26 Å². The molecule has 3 N–H and O–H groups in total. The molecule has 8 rings (SSSR count). The van der Waals surface area contributed by atoms with Gasteiger partial charge in [0.2, 0.25) is 17.7 Å². The van der Waals surface area contributed by atoms with Gasteiger partial charge in [0, 0.05) is 59.9 Å².